The maximum absolute atomic E-state index is 13.9. The molecule has 0 radical (unpaired) electrons. The van der Waals surface area contributed by atoms with Crippen molar-refractivity contribution in [3.8, 4) is 17.2 Å². The Morgan fingerprint density at radius 3 is 1.02 bits per heavy atom. The van der Waals surface area contributed by atoms with E-state index in [0.717, 1.165) is 30.6 Å². The van der Waals surface area contributed by atoms with E-state index in [9.17, 15) is 83.5 Å². The number of benzene rings is 6. The lowest BCUT2D eigenvalue weighted by Crippen LogP contribution is -2.34. The van der Waals surface area contributed by atoms with E-state index >= 15 is 0 Å². The number of sulfonamides is 3. The number of hydrogen-bond acceptors (Lipinski definition) is 14. The smallest absolute Gasteiger partial charge is 0.416 e. The van der Waals surface area contributed by atoms with Crippen LogP contribution in [-0.2, 0) is 91.7 Å². The summed E-state index contributed by atoms with van der Waals surface area (Å²) in [5.41, 5.74) is -0.203. The summed E-state index contributed by atoms with van der Waals surface area (Å²) in [6, 6.07) is 20.1. The Balaban J connectivity index is 0.000000213. The van der Waals surface area contributed by atoms with Crippen LogP contribution in [0.1, 0.15) is 159 Å². The number of hydrogen-bond donors (Lipinski definition) is 1. The molecule has 0 unspecified atom stereocenters. The van der Waals surface area contributed by atoms with Crippen LogP contribution in [0, 0.1) is 19.7 Å². The molecule has 0 heterocycles. The molecule has 0 saturated heterocycles. The Morgan fingerprint density at radius 2 is 0.733 bits per heavy atom. The zero-order valence-electron chi connectivity index (χ0n) is 57.1. The number of carboxylic acid groups (broad SMARTS) is 1. The van der Waals surface area contributed by atoms with E-state index in [1.165, 1.54) is 47.1 Å². The fourth-order valence-electron chi connectivity index (χ4n) is 12.1. The number of aliphatic carboxylic acids is 1. The standard InChI is InChI=1S/C25H30F3NO5S.C24H27F4NO5S.C21H22F3NO5S/c1-16-12-17(25(26,27)28)14-18(13-16)35(31,32)29(5)21-10-6-9-20-19(21)8-7-11-22(20)33-15-23(30)34-24(2,3)4;1-23(2,3)34-22(30)14-33-21-10-6-7-18-19(21)8-5-9-20(18)29(4)35(31,32)17-12-15(24(26,27)28)11-16(25)13-17;1-13-9-14(21(22,23)24)11-15(10-13)31(28,29)25(2)18-7-3-6-17-16(18)5-4-8-19(17)30-12-20(26)27/h7-8,11-14,21H,6,9-10,15H2,1-5H3;6-7,10-13,20H,5,8-9,14H2,1-4H3;4-5,8-11,18H,3,6-7,12H2,1-2H3,(H,26,27)/t21-;20-;18-/m111/s1. The number of carbonyl (C=O) groups excluding carboxylic acids is 2. The average Bonchev–Trinajstić information content (AvgIpc) is 0.775. The number of fused-ring (bicyclic) bond motifs is 3. The van der Waals surface area contributed by atoms with Crippen molar-refractivity contribution in [1.82, 2.24) is 12.9 Å². The fraction of sp³-hybridized carbons (Fsp3) is 0.443. The number of esters is 2. The number of ether oxygens (including phenoxy) is 5. The average molecular weight is 1490 g/mol. The predicted octanol–water partition coefficient (Wildman–Crippen LogP) is 14.9. The van der Waals surface area contributed by atoms with Crippen molar-refractivity contribution in [1.29, 1.82) is 0 Å². The summed E-state index contributed by atoms with van der Waals surface area (Å²) in [4.78, 5) is 33.3. The SMILES string of the molecule is CN([C@@H]1CCCc2c(OCC(=O)OC(C)(C)C)cccc21)S(=O)(=O)c1cc(F)cc(C(F)(F)F)c1.Cc1cc(C(F)(F)F)cc(S(=O)(=O)N(C)[C@@H]2CCCc3c(OCC(=O)O)cccc32)c1.Cc1cc(C(F)(F)F)cc(S(=O)(=O)N(C)[C@@H]2CCCc3c(OCC(=O)OC(C)(C)C)cccc32)c1. The van der Waals surface area contributed by atoms with E-state index in [1.807, 2.05) is 0 Å². The van der Waals surface area contributed by atoms with Crippen molar-refractivity contribution in [2.45, 2.75) is 176 Å². The molecule has 552 valence electrons. The van der Waals surface area contributed by atoms with Crippen LogP contribution in [0.5, 0.6) is 17.2 Å². The van der Waals surface area contributed by atoms with Crippen molar-refractivity contribution in [3.63, 3.8) is 0 Å². The molecule has 3 atom stereocenters. The first-order chi connectivity index (χ1) is 46.6. The van der Waals surface area contributed by atoms with E-state index in [0.29, 0.717) is 127 Å². The molecule has 31 heteroatoms. The summed E-state index contributed by atoms with van der Waals surface area (Å²) in [5.74, 6) is -2.30. The molecular weight excluding hydrogens is 1410 g/mol. The highest BCUT2D eigenvalue weighted by Crippen LogP contribution is 2.45. The first kappa shape index (κ1) is 80.5. The third-order valence-corrected chi connectivity index (χ3v) is 22.0. The predicted molar refractivity (Wildman–Crippen MR) is 351 cm³/mol. The number of carboxylic acids is 1. The second kappa shape index (κ2) is 31.4. The van der Waals surface area contributed by atoms with Gasteiger partial charge in [-0.1, -0.05) is 36.4 Å². The Morgan fingerprint density at radius 1 is 0.446 bits per heavy atom. The van der Waals surface area contributed by atoms with Gasteiger partial charge in [-0.3, -0.25) is 0 Å². The minimum atomic E-state index is -4.90. The largest absolute Gasteiger partial charge is 0.482 e. The Kier molecular flexibility index (Phi) is 25.0. The van der Waals surface area contributed by atoms with Crippen LogP contribution in [0.4, 0.5) is 43.9 Å². The van der Waals surface area contributed by atoms with Gasteiger partial charge in [0.25, 0.3) is 0 Å². The quantitative estimate of drug-likeness (QED) is 0.0623. The molecular formula is C70H79F10N3O15S3. The van der Waals surface area contributed by atoms with E-state index in [2.05, 4.69) is 0 Å². The van der Waals surface area contributed by atoms with Crippen molar-refractivity contribution in [3.05, 3.63) is 176 Å². The molecule has 6 aromatic rings. The third kappa shape index (κ3) is 20.5. The van der Waals surface area contributed by atoms with Gasteiger partial charge in [-0.15, -0.1) is 0 Å². The van der Waals surface area contributed by atoms with Crippen molar-refractivity contribution in [2.75, 3.05) is 41.0 Å². The van der Waals surface area contributed by atoms with Crippen molar-refractivity contribution < 1.29 is 112 Å². The van der Waals surface area contributed by atoms with E-state index in [-0.39, 0.29) is 30.4 Å². The van der Waals surface area contributed by atoms with Gasteiger partial charge in [0.15, 0.2) is 19.8 Å². The molecule has 0 bridgehead atoms. The fourth-order valence-corrected chi connectivity index (χ4v) is 16.5. The van der Waals surface area contributed by atoms with Crippen LogP contribution in [0.25, 0.3) is 0 Å². The molecule has 3 aliphatic carbocycles. The Bertz CT molecular complexity index is 4190. The lowest BCUT2D eigenvalue weighted by Gasteiger charge is -2.33. The molecule has 0 amide bonds. The number of carbonyl (C=O) groups is 3. The summed E-state index contributed by atoms with van der Waals surface area (Å²) in [5, 5.41) is 8.86. The minimum Gasteiger partial charge on any atom is -0.482 e. The number of halogens is 10. The first-order valence-electron chi connectivity index (χ1n) is 31.7. The van der Waals surface area contributed by atoms with Gasteiger partial charge in [-0.25, -0.2) is 44.0 Å². The number of alkyl halides is 9. The highest BCUT2D eigenvalue weighted by molar-refractivity contribution is 7.89. The molecule has 1 N–H and O–H groups in total. The molecule has 0 fully saturated rings. The molecule has 9 rings (SSSR count). The monoisotopic (exact) mass is 1490 g/mol. The van der Waals surface area contributed by atoms with Crippen LogP contribution in [0.3, 0.4) is 0 Å². The maximum atomic E-state index is 13.9. The van der Waals surface area contributed by atoms with Crippen LogP contribution in [-0.4, -0.2) is 113 Å². The summed E-state index contributed by atoms with van der Waals surface area (Å²) in [7, 11) is -8.95. The molecule has 0 aromatic heterocycles. The van der Waals surface area contributed by atoms with E-state index < -0.39 is 140 Å². The van der Waals surface area contributed by atoms with Crippen LogP contribution in [0.15, 0.2) is 124 Å². The highest BCUT2D eigenvalue weighted by Gasteiger charge is 2.41. The van der Waals surface area contributed by atoms with Crippen molar-refractivity contribution in [2.24, 2.45) is 0 Å². The van der Waals surface area contributed by atoms with Gasteiger partial charge in [0.05, 0.1) is 49.5 Å². The topological polar surface area (TPSA) is 230 Å². The number of aryl methyl sites for hydroxylation is 2. The first-order valence-corrected chi connectivity index (χ1v) is 36.0. The Labute approximate surface area is 580 Å². The zero-order valence-corrected chi connectivity index (χ0v) is 59.6. The van der Waals surface area contributed by atoms with Gasteiger partial charge in [0, 0.05) is 21.1 Å². The second-order valence-corrected chi connectivity index (χ2v) is 32.4. The molecule has 6 aromatic carbocycles. The summed E-state index contributed by atoms with van der Waals surface area (Å²) < 4.78 is 243. The molecule has 0 aliphatic heterocycles. The molecule has 0 saturated carbocycles. The maximum Gasteiger partial charge on any atom is 0.416 e. The summed E-state index contributed by atoms with van der Waals surface area (Å²) in [6.45, 7) is 12.1. The zero-order chi connectivity index (χ0) is 75.3. The van der Waals surface area contributed by atoms with Gasteiger partial charge in [0.2, 0.25) is 30.1 Å². The van der Waals surface area contributed by atoms with Crippen LogP contribution >= 0.6 is 0 Å². The molecule has 3 aliphatic rings. The number of rotatable bonds is 18. The molecule has 0 spiro atoms. The van der Waals surface area contributed by atoms with E-state index in [1.54, 1.807) is 96.1 Å². The third-order valence-electron chi connectivity index (χ3n) is 16.5. The number of nitrogens with zero attached hydrogens (tertiary/aromatic N) is 3. The summed E-state index contributed by atoms with van der Waals surface area (Å²) in [6.07, 6.45) is -9.26. The molecule has 18 nitrogen and oxygen atoms in total. The van der Waals surface area contributed by atoms with Gasteiger partial charge in [-0.05, 0) is 230 Å². The van der Waals surface area contributed by atoms with Crippen molar-refractivity contribution >= 4 is 48.0 Å². The van der Waals surface area contributed by atoms with Gasteiger partial charge >= 0.3 is 36.4 Å². The Hall–Kier alpha value is -7.84. The minimum absolute atomic E-state index is 0.190. The van der Waals surface area contributed by atoms with Gasteiger partial charge < -0.3 is 28.8 Å². The lowest BCUT2D eigenvalue weighted by atomic mass is 9.87. The van der Waals surface area contributed by atoms with Crippen LogP contribution < -0.4 is 14.2 Å². The highest BCUT2D eigenvalue weighted by atomic mass is 32.2. The lowest BCUT2D eigenvalue weighted by molar-refractivity contribution is -0.158. The van der Waals surface area contributed by atoms with Gasteiger partial charge in [0.1, 0.15) is 34.3 Å². The normalized spacial score (nSPS) is 16.7. The van der Waals surface area contributed by atoms with E-state index in [4.69, 9.17) is 28.8 Å². The van der Waals surface area contributed by atoms with Gasteiger partial charge in [-0.2, -0.15) is 52.4 Å². The molecule has 101 heavy (non-hydrogen) atoms. The summed E-state index contributed by atoms with van der Waals surface area (Å²) >= 11 is 0. The second-order valence-electron chi connectivity index (χ2n) is 26.4. The van der Waals surface area contributed by atoms with Crippen LogP contribution in [0.2, 0.25) is 0 Å².